The quantitative estimate of drug-likeness (QED) is 0.775. The molecule has 0 saturated carbocycles. The van der Waals surface area contributed by atoms with E-state index >= 15 is 0 Å². The van der Waals surface area contributed by atoms with Gasteiger partial charge in [-0.05, 0) is 24.6 Å². The third-order valence-corrected chi connectivity index (χ3v) is 3.57. The summed E-state index contributed by atoms with van der Waals surface area (Å²) >= 11 is 0. The van der Waals surface area contributed by atoms with Gasteiger partial charge in [0.05, 0.1) is 18.1 Å². The Morgan fingerprint density at radius 2 is 1.71 bits per heavy atom. The molecule has 0 bridgehead atoms. The van der Waals surface area contributed by atoms with Gasteiger partial charge in [0.2, 0.25) is 0 Å². The van der Waals surface area contributed by atoms with Crippen molar-refractivity contribution in [1.82, 2.24) is 9.97 Å². The lowest BCUT2D eigenvalue weighted by Gasteiger charge is -2.07. The molecule has 0 radical (unpaired) electrons. The summed E-state index contributed by atoms with van der Waals surface area (Å²) in [6, 6.07) is 17.1. The minimum absolute atomic E-state index is 0.278. The Hall–Kier alpha value is -3.27. The van der Waals surface area contributed by atoms with Crippen molar-refractivity contribution in [3.05, 3.63) is 84.8 Å². The second kappa shape index (κ2) is 6.87. The SMILES string of the molecule is C=C(C)c1ccc(-c2cncc(C(=O)Nc3ccccc3)n2)cc1. The number of aromatic nitrogens is 2. The molecule has 118 valence electrons. The van der Waals surface area contributed by atoms with E-state index < -0.39 is 0 Å². The first-order valence-electron chi connectivity index (χ1n) is 7.58. The summed E-state index contributed by atoms with van der Waals surface area (Å²) in [7, 11) is 0. The first-order valence-corrected chi connectivity index (χ1v) is 7.58. The minimum atomic E-state index is -0.283. The maximum atomic E-state index is 12.3. The van der Waals surface area contributed by atoms with Gasteiger partial charge in [0.1, 0.15) is 5.69 Å². The number of rotatable bonds is 4. The zero-order valence-corrected chi connectivity index (χ0v) is 13.4. The molecule has 4 nitrogen and oxygen atoms in total. The Bertz CT molecular complexity index is 871. The summed E-state index contributed by atoms with van der Waals surface area (Å²) in [4.78, 5) is 20.9. The van der Waals surface area contributed by atoms with E-state index in [0.717, 1.165) is 22.4 Å². The number of carbonyl (C=O) groups is 1. The molecule has 0 spiro atoms. The second-order valence-corrected chi connectivity index (χ2v) is 5.47. The van der Waals surface area contributed by atoms with Crippen LogP contribution >= 0.6 is 0 Å². The van der Waals surface area contributed by atoms with Crippen LogP contribution in [0.3, 0.4) is 0 Å². The van der Waals surface area contributed by atoms with Crippen molar-refractivity contribution in [2.45, 2.75) is 6.92 Å². The molecule has 0 aliphatic heterocycles. The molecule has 0 atom stereocenters. The van der Waals surface area contributed by atoms with E-state index in [-0.39, 0.29) is 11.6 Å². The number of anilines is 1. The number of hydrogen-bond donors (Lipinski definition) is 1. The Morgan fingerprint density at radius 3 is 2.38 bits per heavy atom. The molecule has 0 fully saturated rings. The van der Waals surface area contributed by atoms with Crippen molar-refractivity contribution < 1.29 is 4.79 Å². The van der Waals surface area contributed by atoms with E-state index in [9.17, 15) is 4.79 Å². The van der Waals surface area contributed by atoms with Gasteiger partial charge in [0.15, 0.2) is 0 Å². The number of benzene rings is 2. The number of para-hydroxylation sites is 1. The molecule has 0 aliphatic carbocycles. The average molecular weight is 315 g/mol. The van der Waals surface area contributed by atoms with Crippen molar-refractivity contribution in [2.24, 2.45) is 0 Å². The van der Waals surface area contributed by atoms with Gasteiger partial charge in [-0.15, -0.1) is 0 Å². The number of nitrogens with zero attached hydrogens (tertiary/aromatic N) is 2. The topological polar surface area (TPSA) is 54.9 Å². The first-order chi connectivity index (χ1) is 11.6. The van der Waals surface area contributed by atoms with Crippen LogP contribution in [0.4, 0.5) is 5.69 Å². The molecule has 0 saturated heterocycles. The van der Waals surface area contributed by atoms with Crippen LogP contribution in [0.2, 0.25) is 0 Å². The molecule has 1 amide bonds. The van der Waals surface area contributed by atoms with Crippen LogP contribution in [0.1, 0.15) is 23.0 Å². The Labute approximate surface area is 140 Å². The van der Waals surface area contributed by atoms with E-state index in [1.807, 2.05) is 61.5 Å². The number of hydrogen-bond acceptors (Lipinski definition) is 3. The van der Waals surface area contributed by atoms with Gasteiger partial charge < -0.3 is 5.32 Å². The molecule has 4 heteroatoms. The van der Waals surface area contributed by atoms with Crippen molar-refractivity contribution in [1.29, 1.82) is 0 Å². The summed E-state index contributed by atoms with van der Waals surface area (Å²) in [5.41, 5.74) is 4.64. The second-order valence-electron chi connectivity index (χ2n) is 5.47. The van der Waals surface area contributed by atoms with Crippen LogP contribution in [-0.4, -0.2) is 15.9 Å². The van der Waals surface area contributed by atoms with Crippen LogP contribution < -0.4 is 5.32 Å². The van der Waals surface area contributed by atoms with E-state index in [4.69, 9.17) is 0 Å². The summed E-state index contributed by atoms with van der Waals surface area (Å²) in [6.07, 6.45) is 3.11. The standard InChI is InChI=1S/C20H17N3O/c1-14(2)15-8-10-16(11-9-15)18-12-21-13-19(23-18)20(24)22-17-6-4-3-5-7-17/h3-13H,1H2,2H3,(H,22,24). The molecule has 2 aromatic carbocycles. The summed E-state index contributed by atoms with van der Waals surface area (Å²) in [6.45, 7) is 5.89. The zero-order chi connectivity index (χ0) is 16.9. The molecule has 3 aromatic rings. The molecule has 0 aliphatic rings. The largest absolute Gasteiger partial charge is 0.321 e. The molecular formula is C20H17N3O. The fourth-order valence-electron chi connectivity index (χ4n) is 2.26. The maximum Gasteiger partial charge on any atom is 0.275 e. The van der Waals surface area contributed by atoms with Crippen LogP contribution in [0, 0.1) is 0 Å². The normalized spacial score (nSPS) is 10.2. The van der Waals surface area contributed by atoms with Gasteiger partial charge in [-0.3, -0.25) is 9.78 Å². The lowest BCUT2D eigenvalue weighted by Crippen LogP contribution is -2.14. The fourth-order valence-corrected chi connectivity index (χ4v) is 2.26. The van der Waals surface area contributed by atoms with Gasteiger partial charge >= 0.3 is 0 Å². The van der Waals surface area contributed by atoms with Gasteiger partial charge in [0, 0.05) is 11.3 Å². The van der Waals surface area contributed by atoms with Crippen molar-refractivity contribution in [3.63, 3.8) is 0 Å². The average Bonchev–Trinajstić information content (AvgIpc) is 2.63. The zero-order valence-electron chi connectivity index (χ0n) is 13.4. The number of amides is 1. The van der Waals surface area contributed by atoms with E-state index in [2.05, 4.69) is 21.9 Å². The highest BCUT2D eigenvalue weighted by molar-refractivity contribution is 6.02. The van der Waals surface area contributed by atoms with E-state index in [0.29, 0.717) is 5.69 Å². The van der Waals surface area contributed by atoms with Crippen LogP contribution in [-0.2, 0) is 0 Å². The smallest absolute Gasteiger partial charge is 0.275 e. The lowest BCUT2D eigenvalue weighted by atomic mass is 10.1. The molecule has 3 rings (SSSR count). The fraction of sp³-hybridized carbons (Fsp3) is 0.0500. The van der Waals surface area contributed by atoms with E-state index in [1.165, 1.54) is 6.20 Å². The Balaban J connectivity index is 1.83. The highest BCUT2D eigenvalue weighted by Gasteiger charge is 2.10. The number of carbonyl (C=O) groups excluding carboxylic acids is 1. The van der Waals surface area contributed by atoms with Crippen molar-refractivity contribution >= 4 is 17.2 Å². The minimum Gasteiger partial charge on any atom is -0.321 e. The Morgan fingerprint density at radius 1 is 1.00 bits per heavy atom. The molecule has 1 heterocycles. The highest BCUT2D eigenvalue weighted by Crippen LogP contribution is 2.20. The van der Waals surface area contributed by atoms with Gasteiger partial charge in [-0.1, -0.05) is 54.6 Å². The molecular weight excluding hydrogens is 298 g/mol. The maximum absolute atomic E-state index is 12.3. The van der Waals surface area contributed by atoms with Crippen molar-refractivity contribution in [2.75, 3.05) is 5.32 Å². The van der Waals surface area contributed by atoms with Crippen molar-refractivity contribution in [3.8, 4) is 11.3 Å². The third-order valence-electron chi connectivity index (χ3n) is 3.57. The van der Waals surface area contributed by atoms with Crippen LogP contribution in [0.15, 0.2) is 73.6 Å². The lowest BCUT2D eigenvalue weighted by molar-refractivity contribution is 0.102. The number of allylic oxidation sites excluding steroid dienone is 1. The third kappa shape index (κ3) is 3.55. The number of nitrogens with one attached hydrogen (secondary N) is 1. The predicted octanol–water partition coefficient (Wildman–Crippen LogP) is 4.43. The monoisotopic (exact) mass is 315 g/mol. The van der Waals surface area contributed by atoms with E-state index in [1.54, 1.807) is 6.20 Å². The highest BCUT2D eigenvalue weighted by atomic mass is 16.1. The molecule has 0 unspecified atom stereocenters. The molecule has 1 N–H and O–H groups in total. The van der Waals surface area contributed by atoms with Gasteiger partial charge in [-0.2, -0.15) is 0 Å². The van der Waals surface area contributed by atoms with Crippen LogP contribution in [0.5, 0.6) is 0 Å². The molecule has 1 aromatic heterocycles. The molecule has 24 heavy (non-hydrogen) atoms. The summed E-state index contributed by atoms with van der Waals surface area (Å²) in [5.74, 6) is -0.283. The summed E-state index contributed by atoms with van der Waals surface area (Å²) < 4.78 is 0. The Kier molecular flexibility index (Phi) is 4.47. The van der Waals surface area contributed by atoms with Gasteiger partial charge in [0.25, 0.3) is 5.91 Å². The predicted molar refractivity (Wildman–Crippen MR) is 96.6 cm³/mol. The first kappa shape index (κ1) is 15.6. The van der Waals surface area contributed by atoms with Gasteiger partial charge in [-0.25, -0.2) is 4.98 Å². The van der Waals surface area contributed by atoms with Crippen LogP contribution in [0.25, 0.3) is 16.8 Å². The summed E-state index contributed by atoms with van der Waals surface area (Å²) in [5, 5.41) is 2.81.